The summed E-state index contributed by atoms with van der Waals surface area (Å²) in [6.07, 6.45) is 3.12. The predicted octanol–water partition coefficient (Wildman–Crippen LogP) is 11.5. The Morgan fingerprint density at radius 3 is 2.25 bits per heavy atom. The summed E-state index contributed by atoms with van der Waals surface area (Å²) >= 11 is 0. The first kappa shape index (κ1) is 38.9. The highest BCUT2D eigenvalue weighted by Crippen LogP contribution is 2.35. The number of anilines is 3. The number of nitrogens with one attached hydrogen (secondary N) is 2. The van der Waals surface area contributed by atoms with Gasteiger partial charge in [0.25, 0.3) is 5.91 Å². The molecule has 1 fully saturated rings. The van der Waals surface area contributed by atoms with Gasteiger partial charge in [-0.1, -0.05) is 65.2 Å². The van der Waals surface area contributed by atoms with E-state index >= 15 is 0 Å². The summed E-state index contributed by atoms with van der Waals surface area (Å²) in [5, 5.41) is 5.55. The molecule has 8 heteroatoms. The normalized spacial score (nSPS) is 15.4. The maximum atomic E-state index is 14.4. The number of carbonyl (C=O) groups excluding carboxylic acids is 1. The Balaban J connectivity index is 0.000000542. The van der Waals surface area contributed by atoms with Crippen molar-refractivity contribution < 1.29 is 18.0 Å². The van der Waals surface area contributed by atoms with E-state index in [2.05, 4.69) is 71.1 Å². The molecule has 4 rings (SSSR count). The Morgan fingerprint density at radius 1 is 1.00 bits per heavy atom. The lowest BCUT2D eigenvalue weighted by Gasteiger charge is -2.35. The average molecular weight is 680 g/mol. The van der Waals surface area contributed by atoms with Crippen LogP contribution in [-0.2, 0) is 5.41 Å². The summed E-state index contributed by atoms with van der Waals surface area (Å²) in [7, 11) is 2.23. The minimum Gasteiger partial charge on any atom is -0.382 e. The maximum absolute atomic E-state index is 14.4. The molecule has 0 saturated carbocycles. The molecule has 0 spiro atoms. The quantitative estimate of drug-likeness (QED) is 0.148. The molecule has 1 saturated heterocycles. The van der Waals surface area contributed by atoms with Gasteiger partial charge in [-0.05, 0) is 119 Å². The molecule has 1 aliphatic heterocycles. The van der Waals surface area contributed by atoms with Crippen LogP contribution in [0.4, 0.5) is 30.2 Å². The Bertz CT molecular complexity index is 1550. The highest BCUT2D eigenvalue weighted by atomic mass is 31.0. The van der Waals surface area contributed by atoms with Crippen LogP contribution in [0.1, 0.15) is 93.8 Å². The van der Waals surface area contributed by atoms with E-state index in [1.807, 2.05) is 49.1 Å². The number of allylic oxidation sites excluding steroid dienone is 2. The highest BCUT2D eigenvalue weighted by molar-refractivity contribution is 7.18. The number of hydrogen-bond donors (Lipinski definition) is 2. The van der Waals surface area contributed by atoms with Crippen LogP contribution in [0.15, 0.2) is 85.5 Å². The minimum absolute atomic E-state index is 0.0511. The highest BCUT2D eigenvalue weighted by Gasteiger charge is 2.28. The molecule has 2 N–H and O–H groups in total. The summed E-state index contributed by atoms with van der Waals surface area (Å²) in [6, 6.07) is 21.7. The van der Waals surface area contributed by atoms with Crippen molar-refractivity contribution in [3.05, 3.63) is 108 Å². The van der Waals surface area contributed by atoms with Gasteiger partial charge in [0.1, 0.15) is 5.41 Å². The van der Waals surface area contributed by atoms with Crippen LogP contribution in [-0.4, -0.2) is 35.9 Å². The molecule has 0 aromatic heterocycles. The summed E-state index contributed by atoms with van der Waals surface area (Å²) in [5.41, 5.74) is 7.92. The van der Waals surface area contributed by atoms with Gasteiger partial charge >= 0.3 is 0 Å². The fourth-order valence-corrected chi connectivity index (χ4v) is 5.83. The Labute approximate surface area is 288 Å². The number of para-hydroxylation sites is 1. The van der Waals surface area contributed by atoms with Gasteiger partial charge in [0.2, 0.25) is 5.92 Å². The van der Waals surface area contributed by atoms with Crippen molar-refractivity contribution in [2.45, 2.75) is 91.0 Å². The van der Waals surface area contributed by atoms with Crippen molar-refractivity contribution >= 4 is 37.8 Å². The van der Waals surface area contributed by atoms with Crippen LogP contribution in [0.2, 0.25) is 0 Å². The third-order valence-corrected chi connectivity index (χ3v) is 9.25. The first-order valence-electron chi connectivity index (χ1n) is 16.8. The van der Waals surface area contributed by atoms with Crippen LogP contribution in [0.3, 0.4) is 0 Å². The van der Waals surface area contributed by atoms with E-state index in [0.717, 1.165) is 67.4 Å². The van der Waals surface area contributed by atoms with Gasteiger partial charge in [0.15, 0.2) is 0 Å². The van der Waals surface area contributed by atoms with Crippen molar-refractivity contribution in [2.24, 2.45) is 5.92 Å². The van der Waals surface area contributed by atoms with E-state index in [1.165, 1.54) is 18.2 Å². The van der Waals surface area contributed by atoms with Gasteiger partial charge in [-0.3, -0.25) is 4.79 Å². The van der Waals surface area contributed by atoms with Crippen LogP contribution in [0, 0.1) is 12.8 Å². The number of aryl methyl sites for hydroxylation is 1. The lowest BCUT2D eigenvalue weighted by molar-refractivity contribution is 0.0132. The third-order valence-electron chi connectivity index (χ3n) is 8.91. The lowest BCUT2D eigenvalue weighted by Crippen LogP contribution is -2.42. The molecule has 3 aromatic rings. The van der Waals surface area contributed by atoms with E-state index in [1.54, 1.807) is 12.1 Å². The number of amides is 1. The van der Waals surface area contributed by atoms with Gasteiger partial charge in [-0.15, -0.1) is 0 Å². The van der Waals surface area contributed by atoms with E-state index in [-0.39, 0.29) is 12.3 Å². The average Bonchev–Trinajstić information content (AvgIpc) is 3.04. The number of likely N-dealkylation sites (tertiary alicyclic amines) is 1. The molecule has 1 aliphatic rings. The molecule has 1 heterocycles. The second-order valence-electron chi connectivity index (χ2n) is 13.4. The fourth-order valence-electron chi connectivity index (χ4n) is 5.65. The van der Waals surface area contributed by atoms with Crippen molar-refractivity contribution in [1.82, 2.24) is 4.90 Å². The number of halogens is 3. The number of carbonyl (C=O) groups is 1. The summed E-state index contributed by atoms with van der Waals surface area (Å²) in [5.74, 6) is -1.96. The molecule has 48 heavy (non-hydrogen) atoms. The number of benzene rings is 3. The zero-order valence-corrected chi connectivity index (χ0v) is 30.6. The van der Waals surface area contributed by atoms with Crippen molar-refractivity contribution in [3.8, 4) is 0 Å². The number of piperidine rings is 1. The van der Waals surface area contributed by atoms with Crippen LogP contribution >= 0.6 is 9.24 Å². The topological polar surface area (TPSA) is 44.4 Å². The molecule has 0 bridgehead atoms. The molecule has 0 aliphatic carbocycles. The van der Waals surface area contributed by atoms with Crippen molar-refractivity contribution in [1.29, 1.82) is 0 Å². The number of alkyl halides is 3. The smallest absolute Gasteiger partial charge is 0.253 e. The Morgan fingerprint density at radius 2 is 1.67 bits per heavy atom. The summed E-state index contributed by atoms with van der Waals surface area (Å²) < 4.78 is 38.8. The van der Waals surface area contributed by atoms with Gasteiger partial charge in [-0.2, -0.15) is 0 Å². The Hall–Kier alpha value is -3.57. The molecule has 3 aromatic carbocycles. The van der Waals surface area contributed by atoms with E-state index < -0.39 is 11.3 Å². The SMILES string of the molecule is C=C(C)c1cc(C(=O)N2CCC(C(C)Nc3ccccc3C)CC2)ccc1Nc1cccc(C(C)(F)P)c1.C=C(CC)CCC(C)(F)F. The molecule has 3 atom stereocenters. The summed E-state index contributed by atoms with van der Waals surface area (Å²) in [6.45, 7) is 19.9. The van der Waals surface area contributed by atoms with E-state index in [4.69, 9.17) is 0 Å². The molecule has 260 valence electrons. The number of rotatable bonds is 12. The molecule has 1 amide bonds. The molecular weight excluding hydrogens is 626 g/mol. The summed E-state index contributed by atoms with van der Waals surface area (Å²) in [4.78, 5) is 15.4. The Kier molecular flexibility index (Phi) is 13.9. The minimum atomic E-state index is -2.53. The first-order chi connectivity index (χ1) is 22.5. The second-order valence-corrected chi connectivity index (χ2v) is 14.5. The van der Waals surface area contributed by atoms with Gasteiger partial charge in [0, 0.05) is 53.7 Å². The van der Waals surface area contributed by atoms with E-state index in [0.29, 0.717) is 29.5 Å². The van der Waals surface area contributed by atoms with Gasteiger partial charge in [-0.25, -0.2) is 13.2 Å². The van der Waals surface area contributed by atoms with Gasteiger partial charge in [0.05, 0.1) is 0 Å². The van der Waals surface area contributed by atoms with Crippen LogP contribution in [0.25, 0.3) is 5.57 Å². The van der Waals surface area contributed by atoms with Crippen molar-refractivity contribution in [3.63, 3.8) is 0 Å². The number of hydrogen-bond acceptors (Lipinski definition) is 3. The van der Waals surface area contributed by atoms with Crippen LogP contribution in [0.5, 0.6) is 0 Å². The van der Waals surface area contributed by atoms with E-state index in [9.17, 15) is 18.0 Å². The first-order valence-corrected chi connectivity index (χ1v) is 17.4. The molecule has 3 unspecified atom stereocenters. The largest absolute Gasteiger partial charge is 0.382 e. The maximum Gasteiger partial charge on any atom is 0.253 e. The zero-order valence-electron chi connectivity index (χ0n) is 29.4. The van der Waals surface area contributed by atoms with Crippen molar-refractivity contribution in [2.75, 3.05) is 23.7 Å². The van der Waals surface area contributed by atoms with Crippen LogP contribution < -0.4 is 10.6 Å². The number of nitrogens with zero attached hydrogens (tertiary/aromatic N) is 1. The standard InChI is InChI=1S/C32H39FN3OP.C8H14F2/c1-21(2)28-19-25(13-14-30(28)35-27-11-8-10-26(20-27)32(5,33)38)31(37)36-17-15-24(16-18-36)23(4)34-29-12-7-6-9-22(29)3;1-4-7(2)5-6-8(3,9)10/h6-14,19-20,23-24,34-35H,1,15-18,38H2,2-5H3;2,4-6H2,1,3H3. The zero-order chi connectivity index (χ0) is 35.6. The predicted molar refractivity (Wildman–Crippen MR) is 201 cm³/mol. The fraction of sp³-hybridized carbons (Fsp3) is 0.425. The second kappa shape index (κ2) is 17.2. The third kappa shape index (κ3) is 11.8. The monoisotopic (exact) mass is 679 g/mol. The lowest BCUT2D eigenvalue weighted by atomic mass is 9.89. The molecule has 0 radical (unpaired) electrons. The van der Waals surface area contributed by atoms with Gasteiger partial charge < -0.3 is 15.5 Å². The molecular formula is C40H53F3N3OP. The molecule has 4 nitrogen and oxygen atoms in total.